The second-order valence-electron chi connectivity index (χ2n) is 3.20. The molecule has 67 valence electrons. The molecule has 0 aliphatic heterocycles. The third kappa shape index (κ3) is 1.04. The summed E-state index contributed by atoms with van der Waals surface area (Å²) in [4.78, 5) is 11.0. The van der Waals surface area contributed by atoms with Gasteiger partial charge in [0, 0.05) is 6.42 Å². The van der Waals surface area contributed by atoms with Crippen LogP contribution in [0.4, 0.5) is 0 Å². The predicted molar refractivity (Wildman–Crippen MR) is 47.5 cm³/mol. The van der Waals surface area contributed by atoms with Gasteiger partial charge in [-0.15, -0.1) is 0 Å². The van der Waals surface area contributed by atoms with Gasteiger partial charge >= 0.3 is 0 Å². The average molecular weight is 176 g/mol. The maximum atomic E-state index is 11.0. The fourth-order valence-electron chi connectivity index (χ4n) is 1.67. The lowest BCUT2D eigenvalue weighted by Gasteiger charge is -2.18. The summed E-state index contributed by atoms with van der Waals surface area (Å²) in [7, 11) is 0. The molecule has 3 heteroatoms. The first kappa shape index (κ1) is 8.26. The molecular formula is C10H10NO2. The molecule has 1 atom stereocenters. The summed E-state index contributed by atoms with van der Waals surface area (Å²) in [5.74, 6) is -0.711. The Hall–Kier alpha value is -1.35. The normalized spacial score (nSPS) is 25.6. The van der Waals surface area contributed by atoms with E-state index < -0.39 is 11.5 Å². The van der Waals surface area contributed by atoms with E-state index in [9.17, 15) is 9.90 Å². The topological polar surface area (TPSA) is 63.3 Å². The zero-order valence-corrected chi connectivity index (χ0v) is 7.03. The maximum absolute atomic E-state index is 11.0. The molecule has 0 heterocycles. The number of rotatable bonds is 1. The van der Waals surface area contributed by atoms with Gasteiger partial charge < -0.3 is 10.8 Å². The van der Waals surface area contributed by atoms with E-state index in [1.807, 2.05) is 12.1 Å². The number of amides is 1. The first-order chi connectivity index (χ1) is 6.14. The van der Waals surface area contributed by atoms with Crippen molar-refractivity contribution in [2.24, 2.45) is 5.73 Å². The van der Waals surface area contributed by atoms with Crippen LogP contribution in [0.2, 0.25) is 0 Å². The first-order valence-corrected chi connectivity index (χ1v) is 4.09. The molecule has 1 aliphatic carbocycles. The van der Waals surface area contributed by atoms with Gasteiger partial charge in [0.1, 0.15) is 0 Å². The SMILES string of the molecule is NC(=O)[C@@]1(O)[CH]Cc2ccccc21. The fourth-order valence-corrected chi connectivity index (χ4v) is 1.67. The molecule has 0 aromatic heterocycles. The summed E-state index contributed by atoms with van der Waals surface area (Å²) >= 11 is 0. The van der Waals surface area contributed by atoms with E-state index in [-0.39, 0.29) is 0 Å². The van der Waals surface area contributed by atoms with Crippen molar-refractivity contribution in [3.05, 3.63) is 41.8 Å². The lowest BCUT2D eigenvalue weighted by Crippen LogP contribution is -2.39. The number of fused-ring (bicyclic) bond motifs is 1. The van der Waals surface area contributed by atoms with Gasteiger partial charge in [-0.2, -0.15) is 0 Å². The lowest BCUT2D eigenvalue weighted by atomic mass is 9.95. The van der Waals surface area contributed by atoms with Crippen LogP contribution in [-0.2, 0) is 16.8 Å². The predicted octanol–water partition coefficient (Wildman–Crippen LogP) is 0.120. The van der Waals surface area contributed by atoms with Crippen molar-refractivity contribution in [2.45, 2.75) is 12.0 Å². The van der Waals surface area contributed by atoms with Crippen molar-refractivity contribution in [3.8, 4) is 0 Å². The highest BCUT2D eigenvalue weighted by Crippen LogP contribution is 2.35. The Morgan fingerprint density at radius 2 is 2.15 bits per heavy atom. The Bertz CT molecular complexity index is 362. The summed E-state index contributed by atoms with van der Waals surface area (Å²) < 4.78 is 0. The molecule has 1 amide bonds. The second-order valence-corrected chi connectivity index (χ2v) is 3.20. The van der Waals surface area contributed by atoms with Crippen LogP contribution >= 0.6 is 0 Å². The Labute approximate surface area is 76.2 Å². The van der Waals surface area contributed by atoms with Crippen LogP contribution in [0.15, 0.2) is 24.3 Å². The number of aliphatic hydroxyl groups is 1. The molecule has 13 heavy (non-hydrogen) atoms. The molecule has 3 nitrogen and oxygen atoms in total. The van der Waals surface area contributed by atoms with Gasteiger partial charge in [-0.05, 0) is 17.5 Å². The van der Waals surface area contributed by atoms with Gasteiger partial charge in [-0.3, -0.25) is 4.79 Å². The number of hydrogen-bond acceptors (Lipinski definition) is 2. The van der Waals surface area contributed by atoms with E-state index >= 15 is 0 Å². The van der Waals surface area contributed by atoms with E-state index in [1.165, 1.54) is 0 Å². The summed E-state index contributed by atoms with van der Waals surface area (Å²) in [6.07, 6.45) is 2.13. The summed E-state index contributed by atoms with van der Waals surface area (Å²) in [5, 5.41) is 9.89. The molecular weight excluding hydrogens is 166 g/mol. The van der Waals surface area contributed by atoms with Crippen LogP contribution in [-0.4, -0.2) is 11.0 Å². The van der Waals surface area contributed by atoms with Crippen LogP contribution in [0.5, 0.6) is 0 Å². The van der Waals surface area contributed by atoms with E-state index in [0.717, 1.165) is 5.56 Å². The number of hydrogen-bond donors (Lipinski definition) is 2. The number of primary amides is 1. The van der Waals surface area contributed by atoms with Gasteiger partial charge in [-0.25, -0.2) is 0 Å². The van der Waals surface area contributed by atoms with Crippen molar-refractivity contribution in [3.63, 3.8) is 0 Å². The molecule has 0 saturated carbocycles. The molecule has 3 N–H and O–H groups in total. The van der Waals surface area contributed by atoms with Gasteiger partial charge in [0.15, 0.2) is 5.60 Å². The van der Waals surface area contributed by atoms with E-state index in [1.54, 1.807) is 18.6 Å². The smallest absolute Gasteiger partial charge is 0.254 e. The molecule has 0 bridgehead atoms. The molecule has 2 rings (SSSR count). The largest absolute Gasteiger partial charge is 0.375 e. The standard InChI is InChI=1S/C10H10NO2/c11-9(12)10(13)6-5-7-3-1-2-4-8(7)10/h1-4,6,13H,5H2,(H2,11,12)/t10-/m1/s1. The number of carbonyl (C=O) groups excluding carboxylic acids is 1. The highest BCUT2D eigenvalue weighted by molar-refractivity contribution is 5.88. The maximum Gasteiger partial charge on any atom is 0.254 e. The third-order valence-corrected chi connectivity index (χ3v) is 2.42. The average Bonchev–Trinajstić information content (AvgIpc) is 2.47. The third-order valence-electron chi connectivity index (χ3n) is 2.42. The zero-order valence-electron chi connectivity index (χ0n) is 7.03. The van der Waals surface area contributed by atoms with Crippen molar-refractivity contribution in [1.82, 2.24) is 0 Å². The highest BCUT2D eigenvalue weighted by Gasteiger charge is 2.41. The minimum Gasteiger partial charge on any atom is -0.375 e. The van der Waals surface area contributed by atoms with Crippen LogP contribution in [0.1, 0.15) is 11.1 Å². The molecule has 0 saturated heterocycles. The molecule has 1 aromatic rings. The summed E-state index contributed by atoms with van der Waals surface area (Å²) in [6.45, 7) is 0. The number of carbonyl (C=O) groups is 1. The minimum absolute atomic E-state index is 0.593. The lowest BCUT2D eigenvalue weighted by molar-refractivity contribution is -0.133. The van der Waals surface area contributed by atoms with Crippen molar-refractivity contribution in [2.75, 3.05) is 0 Å². The highest BCUT2D eigenvalue weighted by atomic mass is 16.3. The van der Waals surface area contributed by atoms with Crippen molar-refractivity contribution in [1.29, 1.82) is 0 Å². The Kier molecular flexibility index (Phi) is 1.63. The quantitative estimate of drug-likeness (QED) is 0.638. The van der Waals surface area contributed by atoms with Gasteiger partial charge in [0.25, 0.3) is 5.91 Å². The Balaban J connectivity index is 2.55. The first-order valence-electron chi connectivity index (χ1n) is 4.09. The van der Waals surface area contributed by atoms with E-state index in [4.69, 9.17) is 5.73 Å². The fraction of sp³-hybridized carbons (Fsp3) is 0.200. The van der Waals surface area contributed by atoms with Crippen LogP contribution < -0.4 is 5.73 Å². The van der Waals surface area contributed by atoms with Crippen LogP contribution in [0.3, 0.4) is 0 Å². The molecule has 1 aromatic carbocycles. The van der Waals surface area contributed by atoms with E-state index in [2.05, 4.69) is 0 Å². The molecule has 1 radical (unpaired) electrons. The number of nitrogens with two attached hydrogens (primary N) is 1. The van der Waals surface area contributed by atoms with Gasteiger partial charge in [-0.1, -0.05) is 24.3 Å². The Morgan fingerprint density at radius 3 is 2.85 bits per heavy atom. The van der Waals surface area contributed by atoms with Gasteiger partial charge in [0.05, 0.1) is 0 Å². The van der Waals surface area contributed by atoms with Crippen molar-refractivity contribution < 1.29 is 9.90 Å². The monoisotopic (exact) mass is 176 g/mol. The number of benzene rings is 1. The summed E-state index contributed by atoms with van der Waals surface area (Å²) in [6, 6.07) is 7.27. The van der Waals surface area contributed by atoms with Crippen LogP contribution in [0, 0.1) is 6.42 Å². The molecule has 0 fully saturated rings. The van der Waals surface area contributed by atoms with Crippen LogP contribution in [0.25, 0.3) is 0 Å². The Morgan fingerprint density at radius 1 is 1.46 bits per heavy atom. The van der Waals surface area contributed by atoms with E-state index in [0.29, 0.717) is 12.0 Å². The molecule has 0 unspecified atom stereocenters. The molecule has 0 spiro atoms. The van der Waals surface area contributed by atoms with Crippen molar-refractivity contribution >= 4 is 5.91 Å². The minimum atomic E-state index is -1.56. The summed E-state index contributed by atoms with van der Waals surface area (Å²) in [5.41, 5.74) is 5.14. The second kappa shape index (κ2) is 2.57. The zero-order chi connectivity index (χ0) is 9.47. The molecule has 1 aliphatic rings. The van der Waals surface area contributed by atoms with Gasteiger partial charge in [0.2, 0.25) is 0 Å².